The summed E-state index contributed by atoms with van der Waals surface area (Å²) in [5.41, 5.74) is 9.83. The summed E-state index contributed by atoms with van der Waals surface area (Å²) < 4.78 is 0. The van der Waals surface area contributed by atoms with E-state index in [1.165, 1.54) is 11.1 Å². The molecule has 0 saturated carbocycles. The van der Waals surface area contributed by atoms with Gasteiger partial charge >= 0.3 is 0 Å². The first-order valence-electron chi connectivity index (χ1n) is 5.56. The van der Waals surface area contributed by atoms with Crippen LogP contribution in [-0.2, 0) is 6.42 Å². The van der Waals surface area contributed by atoms with E-state index in [0.717, 1.165) is 17.8 Å². The highest BCUT2D eigenvalue weighted by Crippen LogP contribution is 2.14. The van der Waals surface area contributed by atoms with Gasteiger partial charge in [-0.3, -0.25) is 0 Å². The number of nitrogen functional groups attached to an aromatic ring is 1. The Bertz CT molecular complexity index is 463. The van der Waals surface area contributed by atoms with E-state index < -0.39 is 0 Å². The lowest BCUT2D eigenvalue weighted by molar-refractivity contribution is 0.325. The molecule has 2 aromatic carbocycles. The van der Waals surface area contributed by atoms with Gasteiger partial charge in [-0.25, -0.2) is 0 Å². The Morgan fingerprint density at radius 2 is 1.41 bits per heavy atom. The van der Waals surface area contributed by atoms with Crippen molar-refractivity contribution in [1.29, 1.82) is 0 Å². The van der Waals surface area contributed by atoms with Crippen LogP contribution < -0.4 is 11.1 Å². The number of hydrogen-bond acceptors (Lipinski definition) is 3. The van der Waals surface area contributed by atoms with E-state index in [9.17, 15) is 0 Å². The smallest absolute Gasteiger partial charge is 0.113 e. The van der Waals surface area contributed by atoms with Crippen LogP contribution in [0, 0.1) is 0 Å². The highest BCUT2D eigenvalue weighted by Gasteiger charge is 1.97. The minimum Gasteiger partial charge on any atom is -0.399 e. The standard InChI is InChI=1S/C14H16N2O/c15-13-5-1-11(2-6-13)9-12-3-7-14(8-4-12)16-10-17/h1-8,16-17H,9-10,15H2. The van der Waals surface area contributed by atoms with E-state index in [0.29, 0.717) is 0 Å². The Balaban J connectivity index is 2.05. The number of aliphatic hydroxyl groups excluding tert-OH is 1. The van der Waals surface area contributed by atoms with E-state index in [1.807, 2.05) is 48.5 Å². The Labute approximate surface area is 101 Å². The minimum atomic E-state index is -0.0443. The summed E-state index contributed by atoms with van der Waals surface area (Å²) in [7, 11) is 0. The molecule has 0 saturated heterocycles. The lowest BCUT2D eigenvalue weighted by atomic mass is 10.0. The molecular formula is C14H16N2O. The second-order valence-electron chi connectivity index (χ2n) is 3.95. The lowest BCUT2D eigenvalue weighted by Gasteiger charge is -2.05. The summed E-state index contributed by atoms with van der Waals surface area (Å²) in [5, 5.41) is 11.6. The zero-order chi connectivity index (χ0) is 12.1. The average Bonchev–Trinajstić information content (AvgIpc) is 2.35. The Hall–Kier alpha value is -2.00. The molecule has 0 unspecified atom stereocenters. The third kappa shape index (κ3) is 3.23. The Kier molecular flexibility index (Phi) is 3.62. The van der Waals surface area contributed by atoms with Gasteiger partial charge in [-0.2, -0.15) is 0 Å². The van der Waals surface area contributed by atoms with Crippen LogP contribution >= 0.6 is 0 Å². The molecule has 4 N–H and O–H groups in total. The number of hydrogen-bond donors (Lipinski definition) is 3. The van der Waals surface area contributed by atoms with Crippen molar-refractivity contribution >= 4 is 11.4 Å². The number of rotatable bonds is 4. The molecule has 2 rings (SSSR count). The molecule has 3 nitrogen and oxygen atoms in total. The number of benzene rings is 2. The molecule has 0 spiro atoms. The van der Waals surface area contributed by atoms with Gasteiger partial charge in [0.05, 0.1) is 0 Å². The van der Waals surface area contributed by atoms with Gasteiger partial charge in [-0.15, -0.1) is 0 Å². The highest BCUT2D eigenvalue weighted by atomic mass is 16.3. The summed E-state index contributed by atoms with van der Waals surface area (Å²) in [6.07, 6.45) is 0.889. The average molecular weight is 228 g/mol. The molecule has 0 aromatic heterocycles. The van der Waals surface area contributed by atoms with E-state index in [-0.39, 0.29) is 6.73 Å². The fourth-order valence-electron chi connectivity index (χ4n) is 1.70. The molecule has 0 aliphatic carbocycles. The summed E-state index contributed by atoms with van der Waals surface area (Å²) in [6.45, 7) is -0.0443. The van der Waals surface area contributed by atoms with Crippen LogP contribution in [0.25, 0.3) is 0 Å². The molecule has 2 aromatic rings. The first-order valence-corrected chi connectivity index (χ1v) is 5.56. The maximum Gasteiger partial charge on any atom is 0.113 e. The van der Waals surface area contributed by atoms with Crippen LogP contribution in [0.4, 0.5) is 11.4 Å². The fraction of sp³-hybridized carbons (Fsp3) is 0.143. The molecule has 17 heavy (non-hydrogen) atoms. The van der Waals surface area contributed by atoms with Gasteiger partial charge in [0.25, 0.3) is 0 Å². The maximum atomic E-state index is 8.73. The zero-order valence-corrected chi connectivity index (χ0v) is 9.56. The number of nitrogens with one attached hydrogen (secondary N) is 1. The van der Waals surface area contributed by atoms with Crippen LogP contribution in [0.15, 0.2) is 48.5 Å². The molecule has 0 radical (unpaired) electrons. The van der Waals surface area contributed by atoms with Crippen LogP contribution in [-0.4, -0.2) is 11.8 Å². The van der Waals surface area contributed by atoms with Gasteiger partial charge < -0.3 is 16.2 Å². The van der Waals surface area contributed by atoms with Crippen LogP contribution in [0.1, 0.15) is 11.1 Å². The summed E-state index contributed by atoms with van der Waals surface area (Å²) >= 11 is 0. The van der Waals surface area contributed by atoms with Gasteiger partial charge in [0.1, 0.15) is 6.73 Å². The molecule has 3 heteroatoms. The van der Waals surface area contributed by atoms with Crippen molar-refractivity contribution < 1.29 is 5.11 Å². The van der Waals surface area contributed by atoms with Gasteiger partial charge in [0.2, 0.25) is 0 Å². The largest absolute Gasteiger partial charge is 0.399 e. The molecule has 0 fully saturated rings. The topological polar surface area (TPSA) is 58.3 Å². The van der Waals surface area contributed by atoms with Gasteiger partial charge in [0.15, 0.2) is 0 Å². The third-order valence-electron chi connectivity index (χ3n) is 2.63. The van der Waals surface area contributed by atoms with Crippen molar-refractivity contribution in [3.05, 3.63) is 59.7 Å². The molecule has 0 bridgehead atoms. The predicted molar refractivity (Wildman–Crippen MR) is 70.8 cm³/mol. The normalized spacial score (nSPS) is 10.2. The summed E-state index contributed by atoms with van der Waals surface area (Å²) in [6, 6.07) is 15.9. The van der Waals surface area contributed by atoms with E-state index in [4.69, 9.17) is 10.8 Å². The van der Waals surface area contributed by atoms with Crippen molar-refractivity contribution in [2.45, 2.75) is 6.42 Å². The van der Waals surface area contributed by atoms with E-state index in [1.54, 1.807) is 0 Å². The molecule has 0 atom stereocenters. The predicted octanol–water partition coefficient (Wildman–Crippen LogP) is 2.22. The van der Waals surface area contributed by atoms with E-state index >= 15 is 0 Å². The first-order chi connectivity index (χ1) is 8.28. The Morgan fingerprint density at radius 3 is 1.94 bits per heavy atom. The van der Waals surface area contributed by atoms with Gasteiger partial charge in [-0.1, -0.05) is 24.3 Å². The fourth-order valence-corrected chi connectivity index (χ4v) is 1.70. The van der Waals surface area contributed by atoms with Crippen molar-refractivity contribution in [2.24, 2.45) is 0 Å². The second kappa shape index (κ2) is 5.37. The minimum absolute atomic E-state index is 0.0443. The van der Waals surface area contributed by atoms with Crippen LogP contribution in [0.5, 0.6) is 0 Å². The zero-order valence-electron chi connectivity index (χ0n) is 9.56. The van der Waals surface area contributed by atoms with Crippen molar-refractivity contribution in [1.82, 2.24) is 0 Å². The molecule has 0 amide bonds. The molecule has 0 aliphatic rings. The van der Waals surface area contributed by atoms with Crippen LogP contribution in [0.2, 0.25) is 0 Å². The first kappa shape index (κ1) is 11.5. The summed E-state index contributed by atoms with van der Waals surface area (Å²) in [5.74, 6) is 0. The quantitative estimate of drug-likeness (QED) is 0.555. The van der Waals surface area contributed by atoms with Crippen molar-refractivity contribution in [3.8, 4) is 0 Å². The van der Waals surface area contributed by atoms with Crippen molar-refractivity contribution in [2.75, 3.05) is 17.8 Å². The van der Waals surface area contributed by atoms with E-state index in [2.05, 4.69) is 5.32 Å². The molecule has 0 heterocycles. The molecular weight excluding hydrogens is 212 g/mol. The SMILES string of the molecule is Nc1ccc(Cc2ccc(NCO)cc2)cc1. The van der Waals surface area contributed by atoms with Gasteiger partial charge in [0, 0.05) is 11.4 Å². The highest BCUT2D eigenvalue weighted by molar-refractivity contribution is 5.45. The monoisotopic (exact) mass is 228 g/mol. The third-order valence-corrected chi connectivity index (χ3v) is 2.63. The Morgan fingerprint density at radius 1 is 0.882 bits per heavy atom. The summed E-state index contributed by atoms with van der Waals surface area (Å²) in [4.78, 5) is 0. The maximum absolute atomic E-state index is 8.73. The van der Waals surface area contributed by atoms with Crippen LogP contribution in [0.3, 0.4) is 0 Å². The number of anilines is 2. The van der Waals surface area contributed by atoms with Crippen molar-refractivity contribution in [3.63, 3.8) is 0 Å². The lowest BCUT2D eigenvalue weighted by Crippen LogP contribution is -1.99. The number of nitrogens with two attached hydrogens (primary N) is 1. The molecule has 88 valence electrons. The van der Waals surface area contributed by atoms with Gasteiger partial charge in [-0.05, 0) is 41.8 Å². The second-order valence-corrected chi connectivity index (χ2v) is 3.95. The molecule has 0 aliphatic heterocycles. The number of aliphatic hydroxyl groups is 1.